The van der Waals surface area contributed by atoms with Crippen LogP contribution in [0.1, 0.15) is 42.3 Å². The van der Waals surface area contributed by atoms with E-state index in [1.54, 1.807) is 13.3 Å². The largest absolute Gasteiger partial charge is 0.495 e. The minimum absolute atomic E-state index is 0.378. The average Bonchev–Trinajstić information content (AvgIpc) is 3.20. The van der Waals surface area contributed by atoms with Crippen LogP contribution in [0.4, 0.5) is 0 Å². The summed E-state index contributed by atoms with van der Waals surface area (Å²) in [6.45, 7) is 4.12. The number of pyridine rings is 1. The van der Waals surface area contributed by atoms with Gasteiger partial charge < -0.3 is 9.26 Å². The Hall–Kier alpha value is -2.14. The SMILES string of the molecule is COc1cncc(/C=C/CCN2CCCC2c2cc(C)no2)c1. The Labute approximate surface area is 137 Å². The molecule has 1 unspecified atom stereocenters. The molecule has 0 aromatic carbocycles. The smallest absolute Gasteiger partial charge is 0.154 e. The van der Waals surface area contributed by atoms with Crippen molar-refractivity contribution in [3.05, 3.63) is 47.6 Å². The van der Waals surface area contributed by atoms with Crippen LogP contribution >= 0.6 is 0 Å². The minimum Gasteiger partial charge on any atom is -0.495 e. The Morgan fingerprint density at radius 1 is 1.39 bits per heavy atom. The van der Waals surface area contributed by atoms with E-state index >= 15 is 0 Å². The summed E-state index contributed by atoms with van der Waals surface area (Å²) in [7, 11) is 1.66. The molecule has 1 aliphatic heterocycles. The maximum atomic E-state index is 5.45. The zero-order chi connectivity index (χ0) is 16.1. The third-order valence-corrected chi connectivity index (χ3v) is 4.20. The minimum atomic E-state index is 0.378. The van der Waals surface area contributed by atoms with Gasteiger partial charge in [-0.15, -0.1) is 0 Å². The Morgan fingerprint density at radius 2 is 2.30 bits per heavy atom. The molecule has 5 nitrogen and oxygen atoms in total. The van der Waals surface area contributed by atoms with Gasteiger partial charge in [0.25, 0.3) is 0 Å². The Bertz CT molecular complexity index is 666. The summed E-state index contributed by atoms with van der Waals surface area (Å²) in [5, 5.41) is 4.01. The van der Waals surface area contributed by atoms with Gasteiger partial charge in [-0.25, -0.2) is 0 Å². The van der Waals surface area contributed by atoms with Crippen molar-refractivity contribution in [1.29, 1.82) is 0 Å². The molecular formula is C18H23N3O2. The first kappa shape index (κ1) is 15.7. The standard InChI is InChI=1S/C18H23N3O2/c1-14-10-18(23-20-14)17-7-5-9-21(17)8-4-3-6-15-11-16(22-2)13-19-12-15/h3,6,10-13,17H,4-5,7-9H2,1-2H3/b6-3+. The van der Waals surface area contributed by atoms with Crippen molar-refractivity contribution in [2.24, 2.45) is 0 Å². The lowest BCUT2D eigenvalue weighted by atomic mass is 10.1. The van der Waals surface area contributed by atoms with Crippen molar-refractivity contribution in [3.8, 4) is 5.75 Å². The Morgan fingerprint density at radius 3 is 3.09 bits per heavy atom. The van der Waals surface area contributed by atoms with Gasteiger partial charge in [-0.3, -0.25) is 9.88 Å². The van der Waals surface area contributed by atoms with Gasteiger partial charge in [0.05, 0.1) is 25.0 Å². The first-order valence-electron chi connectivity index (χ1n) is 8.09. The molecular weight excluding hydrogens is 290 g/mol. The highest BCUT2D eigenvalue weighted by Gasteiger charge is 2.28. The molecule has 0 amide bonds. The summed E-state index contributed by atoms with van der Waals surface area (Å²) < 4.78 is 10.6. The van der Waals surface area contributed by atoms with Crippen LogP contribution in [0.2, 0.25) is 0 Å². The quantitative estimate of drug-likeness (QED) is 0.815. The van der Waals surface area contributed by atoms with E-state index in [0.29, 0.717) is 6.04 Å². The van der Waals surface area contributed by atoms with Crippen LogP contribution in [-0.4, -0.2) is 35.2 Å². The molecule has 2 aromatic heterocycles. The number of hydrogen-bond donors (Lipinski definition) is 0. The fourth-order valence-electron chi connectivity index (χ4n) is 3.05. The molecule has 2 aromatic rings. The number of aromatic nitrogens is 2. The fourth-order valence-corrected chi connectivity index (χ4v) is 3.05. The van der Waals surface area contributed by atoms with Crippen LogP contribution in [0.5, 0.6) is 5.75 Å². The Kier molecular flexibility index (Phi) is 5.08. The zero-order valence-corrected chi connectivity index (χ0v) is 13.7. The van der Waals surface area contributed by atoms with E-state index in [1.165, 1.54) is 6.42 Å². The summed E-state index contributed by atoms with van der Waals surface area (Å²) in [6.07, 6.45) is 11.2. The van der Waals surface area contributed by atoms with Gasteiger partial charge >= 0.3 is 0 Å². The monoisotopic (exact) mass is 313 g/mol. The lowest BCUT2D eigenvalue weighted by Crippen LogP contribution is -2.23. The molecule has 0 spiro atoms. The van der Waals surface area contributed by atoms with Crippen LogP contribution in [0.3, 0.4) is 0 Å². The topological polar surface area (TPSA) is 51.4 Å². The maximum absolute atomic E-state index is 5.45. The van der Waals surface area contributed by atoms with Crippen molar-refractivity contribution < 1.29 is 9.26 Å². The highest BCUT2D eigenvalue weighted by Crippen LogP contribution is 2.32. The maximum Gasteiger partial charge on any atom is 0.154 e. The van der Waals surface area contributed by atoms with E-state index in [-0.39, 0.29) is 0 Å². The van der Waals surface area contributed by atoms with Gasteiger partial charge in [-0.2, -0.15) is 0 Å². The van der Waals surface area contributed by atoms with E-state index in [4.69, 9.17) is 9.26 Å². The van der Waals surface area contributed by atoms with Gasteiger partial charge in [0.15, 0.2) is 5.76 Å². The molecule has 23 heavy (non-hydrogen) atoms. The van der Waals surface area contributed by atoms with Crippen LogP contribution in [0, 0.1) is 6.92 Å². The summed E-state index contributed by atoms with van der Waals surface area (Å²) in [5.41, 5.74) is 2.02. The molecule has 1 atom stereocenters. The number of hydrogen-bond acceptors (Lipinski definition) is 5. The zero-order valence-electron chi connectivity index (χ0n) is 13.7. The highest BCUT2D eigenvalue weighted by atomic mass is 16.5. The molecule has 1 aliphatic rings. The summed E-state index contributed by atoms with van der Waals surface area (Å²) in [6, 6.07) is 4.42. The number of rotatable bonds is 6. The number of aryl methyl sites for hydroxylation is 1. The van der Waals surface area contributed by atoms with Crippen LogP contribution in [0.15, 0.2) is 35.1 Å². The second-order valence-electron chi connectivity index (χ2n) is 5.91. The van der Waals surface area contributed by atoms with Crippen molar-refractivity contribution in [2.75, 3.05) is 20.2 Å². The number of likely N-dealkylation sites (tertiary alicyclic amines) is 1. The van der Waals surface area contributed by atoms with E-state index in [2.05, 4.69) is 33.3 Å². The summed E-state index contributed by atoms with van der Waals surface area (Å²) in [5.74, 6) is 1.79. The molecule has 0 N–H and O–H groups in total. The molecule has 0 aliphatic carbocycles. The Balaban J connectivity index is 1.54. The average molecular weight is 313 g/mol. The molecule has 5 heteroatoms. The lowest BCUT2D eigenvalue weighted by molar-refractivity contribution is 0.217. The molecule has 3 rings (SSSR count). The second-order valence-corrected chi connectivity index (χ2v) is 5.91. The van der Waals surface area contributed by atoms with E-state index < -0.39 is 0 Å². The number of ether oxygens (including phenoxy) is 1. The first-order chi connectivity index (χ1) is 11.3. The van der Waals surface area contributed by atoms with E-state index in [1.807, 2.05) is 19.2 Å². The summed E-state index contributed by atoms with van der Waals surface area (Å²) >= 11 is 0. The van der Waals surface area contributed by atoms with Crippen LogP contribution < -0.4 is 4.74 Å². The van der Waals surface area contributed by atoms with Gasteiger partial charge in [-0.1, -0.05) is 17.3 Å². The lowest BCUT2D eigenvalue weighted by Gasteiger charge is -2.21. The van der Waals surface area contributed by atoms with Crippen molar-refractivity contribution in [2.45, 2.75) is 32.2 Å². The van der Waals surface area contributed by atoms with Crippen molar-refractivity contribution in [1.82, 2.24) is 15.0 Å². The predicted octanol–water partition coefficient (Wildman–Crippen LogP) is 3.63. The second kappa shape index (κ2) is 7.42. The van der Waals surface area contributed by atoms with Crippen LogP contribution in [0.25, 0.3) is 6.08 Å². The third-order valence-electron chi connectivity index (χ3n) is 4.20. The molecule has 0 bridgehead atoms. The third kappa shape index (κ3) is 3.99. The van der Waals surface area contributed by atoms with Crippen LogP contribution in [-0.2, 0) is 0 Å². The molecule has 3 heterocycles. The van der Waals surface area contributed by atoms with Gasteiger partial charge in [0, 0.05) is 18.8 Å². The molecule has 0 radical (unpaired) electrons. The fraction of sp³-hybridized carbons (Fsp3) is 0.444. The van der Waals surface area contributed by atoms with E-state index in [9.17, 15) is 0 Å². The normalized spacial score (nSPS) is 18.8. The van der Waals surface area contributed by atoms with Gasteiger partial charge in [-0.05, 0) is 44.4 Å². The molecule has 1 saturated heterocycles. The predicted molar refractivity (Wildman–Crippen MR) is 89.2 cm³/mol. The highest BCUT2D eigenvalue weighted by molar-refractivity contribution is 5.49. The van der Waals surface area contributed by atoms with Crippen molar-refractivity contribution >= 4 is 6.08 Å². The van der Waals surface area contributed by atoms with Crippen molar-refractivity contribution in [3.63, 3.8) is 0 Å². The summed E-state index contributed by atoms with van der Waals surface area (Å²) in [4.78, 5) is 6.64. The van der Waals surface area contributed by atoms with Gasteiger partial charge in [0.1, 0.15) is 5.75 Å². The van der Waals surface area contributed by atoms with Gasteiger partial charge in [0.2, 0.25) is 0 Å². The first-order valence-corrected chi connectivity index (χ1v) is 8.09. The molecule has 122 valence electrons. The molecule has 0 saturated carbocycles. The van der Waals surface area contributed by atoms with E-state index in [0.717, 1.165) is 48.7 Å². The number of methoxy groups -OCH3 is 1. The number of nitrogens with zero attached hydrogens (tertiary/aromatic N) is 3. The molecule has 1 fully saturated rings.